The van der Waals surface area contributed by atoms with Gasteiger partial charge in [0.15, 0.2) is 0 Å². The average molecular weight is 338 g/mol. The van der Waals surface area contributed by atoms with Gasteiger partial charge in [0, 0.05) is 24.0 Å². The summed E-state index contributed by atoms with van der Waals surface area (Å²) in [5, 5.41) is 2.76. The SMILES string of the molecule is COc1cncc(C2=NC3=CCN(C(C)C(F)(F)F)N3C(C)=C2)c1. The molecule has 0 amide bonds. The van der Waals surface area contributed by atoms with Gasteiger partial charge in [0.1, 0.15) is 17.6 Å². The fourth-order valence-electron chi connectivity index (χ4n) is 2.68. The maximum atomic E-state index is 13.0. The van der Waals surface area contributed by atoms with Gasteiger partial charge < -0.3 is 4.74 Å². The van der Waals surface area contributed by atoms with E-state index in [1.54, 1.807) is 44.6 Å². The fourth-order valence-corrected chi connectivity index (χ4v) is 2.68. The Morgan fingerprint density at radius 3 is 2.71 bits per heavy atom. The van der Waals surface area contributed by atoms with Crippen molar-refractivity contribution in [2.24, 2.45) is 4.99 Å². The molecule has 1 aromatic heterocycles. The third kappa shape index (κ3) is 2.89. The van der Waals surface area contributed by atoms with Crippen molar-refractivity contribution in [2.75, 3.05) is 13.7 Å². The minimum atomic E-state index is -4.30. The third-order valence-electron chi connectivity index (χ3n) is 4.01. The van der Waals surface area contributed by atoms with Crippen molar-refractivity contribution in [3.05, 3.63) is 47.7 Å². The largest absolute Gasteiger partial charge is 0.495 e. The van der Waals surface area contributed by atoms with Gasteiger partial charge in [0.25, 0.3) is 0 Å². The van der Waals surface area contributed by atoms with Crippen LogP contribution in [0.2, 0.25) is 0 Å². The topological polar surface area (TPSA) is 41.0 Å². The van der Waals surface area contributed by atoms with E-state index in [9.17, 15) is 13.2 Å². The summed E-state index contributed by atoms with van der Waals surface area (Å²) in [6.45, 7) is 3.07. The van der Waals surface area contributed by atoms with E-state index >= 15 is 0 Å². The number of alkyl halides is 3. The van der Waals surface area contributed by atoms with Crippen molar-refractivity contribution >= 4 is 5.71 Å². The van der Waals surface area contributed by atoms with Crippen molar-refractivity contribution in [1.29, 1.82) is 0 Å². The van der Waals surface area contributed by atoms with Gasteiger partial charge in [-0.25, -0.2) is 4.99 Å². The monoisotopic (exact) mass is 338 g/mol. The molecular formula is C16H17F3N4O. The second-order valence-corrected chi connectivity index (χ2v) is 5.61. The summed E-state index contributed by atoms with van der Waals surface area (Å²) in [6, 6.07) is 0.196. The van der Waals surface area contributed by atoms with Gasteiger partial charge >= 0.3 is 6.18 Å². The first-order valence-electron chi connectivity index (χ1n) is 7.41. The molecule has 0 spiro atoms. The van der Waals surface area contributed by atoms with Crippen molar-refractivity contribution in [3.63, 3.8) is 0 Å². The Morgan fingerprint density at radius 2 is 2.04 bits per heavy atom. The van der Waals surface area contributed by atoms with Gasteiger partial charge in [-0.15, -0.1) is 0 Å². The summed E-state index contributed by atoms with van der Waals surface area (Å²) in [5.41, 5.74) is 2.06. The van der Waals surface area contributed by atoms with Crippen LogP contribution in [-0.2, 0) is 0 Å². The normalized spacial score (nSPS) is 19.4. The predicted molar refractivity (Wildman–Crippen MR) is 83.2 cm³/mol. The maximum absolute atomic E-state index is 13.0. The third-order valence-corrected chi connectivity index (χ3v) is 4.01. The van der Waals surface area contributed by atoms with E-state index in [1.165, 1.54) is 10.0 Å². The summed E-state index contributed by atoms with van der Waals surface area (Å²) < 4.78 is 44.3. The smallest absolute Gasteiger partial charge is 0.405 e. The second-order valence-electron chi connectivity index (χ2n) is 5.61. The zero-order chi connectivity index (χ0) is 17.5. The number of hydrogen-bond donors (Lipinski definition) is 0. The quantitative estimate of drug-likeness (QED) is 0.849. The van der Waals surface area contributed by atoms with Crippen LogP contribution in [0.4, 0.5) is 13.2 Å². The van der Waals surface area contributed by atoms with E-state index in [4.69, 9.17) is 4.74 Å². The summed E-state index contributed by atoms with van der Waals surface area (Å²) in [6.07, 6.45) is 2.36. The van der Waals surface area contributed by atoms with Crippen molar-refractivity contribution in [3.8, 4) is 5.75 Å². The lowest BCUT2D eigenvalue weighted by molar-refractivity contribution is -0.201. The Bertz CT molecular complexity index is 739. The van der Waals surface area contributed by atoms with Gasteiger partial charge in [0.2, 0.25) is 0 Å². The molecular weight excluding hydrogens is 321 g/mol. The van der Waals surface area contributed by atoms with Crippen LogP contribution in [0.1, 0.15) is 19.4 Å². The standard InChI is InChI=1S/C16H17F3N4O/c1-10-6-14(12-7-13(24-3)9-20-8-12)21-15-4-5-22(23(10)15)11(2)16(17,18)19/h4,6-9,11H,5H2,1-3H3. The Morgan fingerprint density at radius 1 is 1.29 bits per heavy atom. The number of halogens is 3. The highest BCUT2D eigenvalue weighted by molar-refractivity contribution is 6.10. The van der Waals surface area contributed by atoms with E-state index in [2.05, 4.69) is 9.98 Å². The zero-order valence-electron chi connectivity index (χ0n) is 13.5. The molecule has 8 heteroatoms. The van der Waals surface area contributed by atoms with Crippen molar-refractivity contribution in [2.45, 2.75) is 26.1 Å². The Balaban J connectivity index is 1.90. The van der Waals surface area contributed by atoms with E-state index in [-0.39, 0.29) is 6.54 Å². The van der Waals surface area contributed by atoms with Gasteiger partial charge in [0.05, 0.1) is 19.0 Å². The Hall–Kier alpha value is -2.35. The van der Waals surface area contributed by atoms with Crippen LogP contribution in [0.15, 0.2) is 47.1 Å². The highest BCUT2D eigenvalue weighted by Gasteiger charge is 2.45. The Labute approximate surface area is 137 Å². The van der Waals surface area contributed by atoms with Crippen LogP contribution in [0, 0.1) is 0 Å². The van der Waals surface area contributed by atoms with Crippen LogP contribution in [-0.4, -0.2) is 46.6 Å². The first-order valence-corrected chi connectivity index (χ1v) is 7.41. The molecule has 1 atom stereocenters. The van der Waals surface area contributed by atoms with Gasteiger partial charge in [-0.3, -0.25) is 9.99 Å². The number of ether oxygens (including phenoxy) is 1. The number of rotatable bonds is 3. The molecule has 2 aliphatic rings. The predicted octanol–water partition coefficient (Wildman–Crippen LogP) is 3.12. The van der Waals surface area contributed by atoms with Crippen LogP contribution in [0.3, 0.4) is 0 Å². The van der Waals surface area contributed by atoms with Crippen LogP contribution >= 0.6 is 0 Å². The molecule has 1 aromatic rings. The van der Waals surface area contributed by atoms with Gasteiger partial charge in [-0.1, -0.05) is 0 Å². The van der Waals surface area contributed by atoms with E-state index in [0.717, 1.165) is 12.5 Å². The van der Waals surface area contributed by atoms with E-state index in [0.29, 0.717) is 23.0 Å². The van der Waals surface area contributed by atoms with Crippen molar-refractivity contribution in [1.82, 2.24) is 15.0 Å². The van der Waals surface area contributed by atoms with Crippen LogP contribution in [0.5, 0.6) is 5.75 Å². The number of aliphatic imine (C=N–C) groups is 1. The number of fused-ring (bicyclic) bond motifs is 1. The average Bonchev–Trinajstić information content (AvgIpc) is 2.97. The summed E-state index contributed by atoms with van der Waals surface area (Å²) in [7, 11) is 1.54. The second kappa shape index (κ2) is 5.94. The molecule has 24 heavy (non-hydrogen) atoms. The fraction of sp³-hybridized carbons (Fsp3) is 0.375. The molecule has 128 valence electrons. The lowest BCUT2D eigenvalue weighted by Crippen LogP contribution is -2.49. The highest BCUT2D eigenvalue weighted by Crippen LogP contribution is 2.34. The number of hydrazine groups is 1. The Kier molecular flexibility index (Phi) is 4.08. The van der Waals surface area contributed by atoms with Crippen LogP contribution < -0.4 is 4.74 Å². The molecule has 0 aromatic carbocycles. The first-order chi connectivity index (χ1) is 11.3. The molecule has 3 rings (SSSR count). The summed E-state index contributed by atoms with van der Waals surface area (Å²) in [4.78, 5) is 8.57. The van der Waals surface area contributed by atoms with Crippen molar-refractivity contribution < 1.29 is 17.9 Å². The number of hydrogen-bond acceptors (Lipinski definition) is 5. The minimum Gasteiger partial charge on any atom is -0.495 e. The lowest BCUT2D eigenvalue weighted by atomic mass is 10.1. The van der Waals surface area contributed by atoms with Gasteiger partial charge in [-0.2, -0.15) is 18.2 Å². The molecule has 0 bridgehead atoms. The summed E-state index contributed by atoms with van der Waals surface area (Å²) >= 11 is 0. The number of aromatic nitrogens is 1. The molecule has 0 radical (unpaired) electrons. The van der Waals surface area contributed by atoms with Crippen LogP contribution in [0.25, 0.3) is 0 Å². The minimum absolute atomic E-state index is 0.161. The number of nitrogens with zero attached hydrogens (tertiary/aromatic N) is 4. The molecule has 0 saturated heterocycles. The highest BCUT2D eigenvalue weighted by atomic mass is 19.4. The molecule has 2 aliphatic heterocycles. The molecule has 3 heterocycles. The molecule has 0 saturated carbocycles. The zero-order valence-corrected chi connectivity index (χ0v) is 13.5. The number of pyridine rings is 1. The number of allylic oxidation sites excluding steroid dienone is 2. The summed E-state index contributed by atoms with van der Waals surface area (Å²) in [5.74, 6) is 1.08. The number of methoxy groups -OCH3 is 1. The molecule has 1 unspecified atom stereocenters. The molecule has 0 aliphatic carbocycles. The first kappa shape index (κ1) is 16.5. The molecule has 0 fully saturated rings. The van der Waals surface area contributed by atoms with Gasteiger partial charge in [-0.05, 0) is 32.1 Å². The van der Waals surface area contributed by atoms with E-state index < -0.39 is 12.2 Å². The van der Waals surface area contributed by atoms with E-state index in [1.807, 2.05) is 0 Å². The molecule has 5 nitrogen and oxygen atoms in total. The maximum Gasteiger partial charge on any atom is 0.405 e. The lowest BCUT2D eigenvalue weighted by Gasteiger charge is -2.38. The molecule has 0 N–H and O–H groups in total.